The molecule has 0 radical (unpaired) electrons. The Morgan fingerprint density at radius 1 is 1.16 bits per heavy atom. The van der Waals surface area contributed by atoms with Gasteiger partial charge >= 0.3 is 0 Å². The molecule has 1 amide bonds. The average molecular weight is 354 g/mol. The zero-order valence-electron chi connectivity index (χ0n) is 14.0. The highest BCUT2D eigenvalue weighted by Crippen LogP contribution is 2.48. The van der Waals surface area contributed by atoms with Crippen molar-refractivity contribution in [1.82, 2.24) is 9.88 Å². The van der Waals surface area contributed by atoms with E-state index in [-0.39, 0.29) is 0 Å². The first-order valence-electron chi connectivity index (χ1n) is 9.03. The van der Waals surface area contributed by atoms with E-state index in [1.807, 2.05) is 0 Å². The van der Waals surface area contributed by atoms with Crippen LogP contribution in [0.3, 0.4) is 0 Å². The van der Waals surface area contributed by atoms with Crippen LogP contribution in [0.4, 0.5) is 5.13 Å². The van der Waals surface area contributed by atoms with Gasteiger partial charge in [0.2, 0.25) is 0 Å². The number of thiazole rings is 1. The number of hydrogen-bond acceptors (Lipinski definition) is 5. The maximum atomic E-state index is 11.5. The molecule has 3 atom stereocenters. The smallest absolute Gasteiger partial charge is 0.268 e. The quantitative estimate of drug-likeness (QED) is 0.919. The highest BCUT2D eigenvalue weighted by Gasteiger charge is 2.53. The third kappa shape index (κ3) is 2.39. The summed E-state index contributed by atoms with van der Waals surface area (Å²) in [7, 11) is 0. The molecule has 4 aliphatic rings. The molecule has 0 spiro atoms. The summed E-state index contributed by atoms with van der Waals surface area (Å²) in [6.45, 7) is 3.40. The number of primary amides is 1. The van der Waals surface area contributed by atoms with Gasteiger partial charge in [0, 0.05) is 23.9 Å². The van der Waals surface area contributed by atoms with Gasteiger partial charge in [-0.05, 0) is 37.4 Å². The summed E-state index contributed by atoms with van der Waals surface area (Å²) >= 11 is 1.55. The van der Waals surface area contributed by atoms with Gasteiger partial charge in [0.15, 0.2) is 5.13 Å². The van der Waals surface area contributed by atoms with E-state index in [0.717, 1.165) is 17.6 Å². The van der Waals surface area contributed by atoms with Gasteiger partial charge in [0.25, 0.3) is 5.91 Å². The molecule has 5 heterocycles. The molecule has 4 fully saturated rings. The van der Waals surface area contributed by atoms with Crippen LogP contribution < -0.4 is 10.6 Å². The second-order valence-electron chi connectivity index (χ2n) is 7.40. The molecule has 0 saturated carbocycles. The Labute approximate surface area is 151 Å². The number of carbonyl (C=O) groups excluding carboxylic acids is 1. The first-order valence-corrected chi connectivity index (χ1v) is 9.91. The average Bonchev–Trinajstić information content (AvgIpc) is 3.29. The summed E-state index contributed by atoms with van der Waals surface area (Å²) < 4.78 is 0. The number of piperidine rings is 3. The standard InChI is InChI=1S/C19H22N4OS/c20-18(24)15-11-25-19(21-15)23-10-14(12-4-2-1-3-5-12)17-16(23)13-6-8-22(17)9-7-13/h1-5,11,13-14,16-17H,6-10H2,(H2,20,24)/t14-,16+,17+/m1/s1. The lowest BCUT2D eigenvalue weighted by molar-refractivity contribution is 0.0356. The molecule has 2 bridgehead atoms. The second-order valence-corrected chi connectivity index (χ2v) is 8.24. The van der Waals surface area contributed by atoms with Crippen LogP contribution in [-0.2, 0) is 0 Å². The van der Waals surface area contributed by atoms with Crippen LogP contribution in [0.15, 0.2) is 35.7 Å². The third-order valence-electron chi connectivity index (χ3n) is 6.21. The predicted octanol–water partition coefficient (Wildman–Crippen LogP) is 2.31. The largest absolute Gasteiger partial charge is 0.364 e. The number of nitrogens with zero attached hydrogens (tertiary/aromatic N) is 3. The molecular formula is C19H22N4OS. The van der Waals surface area contributed by atoms with Gasteiger partial charge in [0.05, 0.1) is 6.04 Å². The molecule has 5 nitrogen and oxygen atoms in total. The lowest BCUT2D eigenvalue weighted by Crippen LogP contribution is -2.60. The fraction of sp³-hybridized carbons (Fsp3) is 0.474. The Balaban J connectivity index is 1.54. The predicted molar refractivity (Wildman–Crippen MR) is 99.0 cm³/mol. The van der Waals surface area contributed by atoms with Crippen LogP contribution in [0.25, 0.3) is 0 Å². The van der Waals surface area contributed by atoms with Gasteiger partial charge in [-0.2, -0.15) is 0 Å². The zero-order valence-corrected chi connectivity index (χ0v) is 14.9. The molecule has 4 aliphatic heterocycles. The van der Waals surface area contributed by atoms with Crippen molar-refractivity contribution in [3.8, 4) is 0 Å². The monoisotopic (exact) mass is 354 g/mol. The fourth-order valence-electron chi connectivity index (χ4n) is 5.14. The van der Waals surface area contributed by atoms with Crippen molar-refractivity contribution in [2.45, 2.75) is 30.8 Å². The molecule has 0 aliphatic carbocycles. The summed E-state index contributed by atoms with van der Waals surface area (Å²) in [5.74, 6) is 0.784. The summed E-state index contributed by atoms with van der Waals surface area (Å²) in [6.07, 6.45) is 2.54. The normalized spacial score (nSPS) is 33.4. The Bertz CT molecular complexity index is 784. The van der Waals surface area contributed by atoms with Gasteiger partial charge < -0.3 is 10.6 Å². The molecule has 6 rings (SSSR count). The highest BCUT2D eigenvalue weighted by atomic mass is 32.1. The molecule has 25 heavy (non-hydrogen) atoms. The summed E-state index contributed by atoms with van der Waals surface area (Å²) in [4.78, 5) is 21.2. The summed E-state index contributed by atoms with van der Waals surface area (Å²) in [6, 6.07) is 11.9. The van der Waals surface area contributed by atoms with E-state index in [2.05, 4.69) is 45.1 Å². The number of anilines is 1. The fourth-order valence-corrected chi connectivity index (χ4v) is 6.01. The van der Waals surface area contributed by atoms with Crippen LogP contribution >= 0.6 is 11.3 Å². The number of benzene rings is 1. The Morgan fingerprint density at radius 3 is 2.60 bits per heavy atom. The first kappa shape index (κ1) is 15.3. The van der Waals surface area contributed by atoms with Crippen LogP contribution in [-0.4, -0.2) is 47.5 Å². The van der Waals surface area contributed by atoms with Gasteiger partial charge in [-0.3, -0.25) is 9.69 Å². The van der Waals surface area contributed by atoms with Crippen LogP contribution in [0.2, 0.25) is 0 Å². The number of hydrogen-bond donors (Lipinski definition) is 1. The molecule has 0 unspecified atom stereocenters. The Kier molecular flexibility index (Phi) is 3.57. The Morgan fingerprint density at radius 2 is 1.92 bits per heavy atom. The lowest BCUT2D eigenvalue weighted by Gasteiger charge is -2.51. The molecule has 2 aromatic rings. The second kappa shape index (κ2) is 5.81. The van der Waals surface area contributed by atoms with E-state index < -0.39 is 5.91 Å². The van der Waals surface area contributed by atoms with Gasteiger partial charge in [-0.1, -0.05) is 30.3 Å². The van der Waals surface area contributed by atoms with Crippen molar-refractivity contribution in [1.29, 1.82) is 0 Å². The van der Waals surface area contributed by atoms with Crippen molar-refractivity contribution >= 4 is 22.4 Å². The molecule has 1 aromatic carbocycles. The number of nitrogens with two attached hydrogens (primary N) is 1. The van der Waals surface area contributed by atoms with E-state index in [1.165, 1.54) is 31.5 Å². The minimum absolute atomic E-state index is 0.390. The Hall–Kier alpha value is -1.92. The maximum Gasteiger partial charge on any atom is 0.268 e. The molecule has 1 aromatic heterocycles. The van der Waals surface area contributed by atoms with E-state index in [1.54, 1.807) is 16.7 Å². The zero-order chi connectivity index (χ0) is 17.0. The van der Waals surface area contributed by atoms with Crippen molar-refractivity contribution < 1.29 is 4.79 Å². The minimum atomic E-state index is -0.438. The van der Waals surface area contributed by atoms with Crippen LogP contribution in [0.1, 0.15) is 34.8 Å². The summed E-state index contributed by atoms with van der Waals surface area (Å²) in [5.41, 5.74) is 7.22. The van der Waals surface area contributed by atoms with Crippen molar-refractivity contribution in [3.63, 3.8) is 0 Å². The number of amides is 1. The van der Waals surface area contributed by atoms with Crippen molar-refractivity contribution in [2.75, 3.05) is 24.5 Å². The number of fused-ring (bicyclic) bond motifs is 2. The first-order chi connectivity index (χ1) is 12.2. The SMILES string of the molecule is NC(=O)c1csc(N2C[C@H](c3ccccc3)[C@H]3[C@@H]2C2CCN3CC2)n1. The van der Waals surface area contributed by atoms with E-state index in [9.17, 15) is 4.79 Å². The number of rotatable bonds is 3. The maximum absolute atomic E-state index is 11.5. The van der Waals surface area contributed by atoms with Gasteiger partial charge in [-0.25, -0.2) is 4.98 Å². The van der Waals surface area contributed by atoms with Crippen LogP contribution in [0.5, 0.6) is 0 Å². The van der Waals surface area contributed by atoms with Crippen molar-refractivity contribution in [2.24, 2.45) is 11.7 Å². The molecule has 4 saturated heterocycles. The lowest BCUT2D eigenvalue weighted by atomic mass is 9.75. The molecule has 130 valence electrons. The number of aromatic nitrogens is 1. The highest BCUT2D eigenvalue weighted by molar-refractivity contribution is 7.14. The third-order valence-corrected chi connectivity index (χ3v) is 7.09. The van der Waals surface area contributed by atoms with E-state index >= 15 is 0 Å². The van der Waals surface area contributed by atoms with Gasteiger partial charge in [-0.15, -0.1) is 11.3 Å². The molecule has 6 heteroatoms. The van der Waals surface area contributed by atoms with Crippen LogP contribution in [0, 0.1) is 5.92 Å². The molecule has 2 N–H and O–H groups in total. The van der Waals surface area contributed by atoms with Crippen molar-refractivity contribution in [3.05, 3.63) is 47.0 Å². The topological polar surface area (TPSA) is 62.5 Å². The summed E-state index contributed by atoms with van der Waals surface area (Å²) in [5, 5.41) is 2.75. The van der Waals surface area contributed by atoms with E-state index in [0.29, 0.717) is 23.7 Å². The minimum Gasteiger partial charge on any atom is -0.364 e. The van der Waals surface area contributed by atoms with Gasteiger partial charge in [0.1, 0.15) is 5.69 Å². The molecular weight excluding hydrogens is 332 g/mol. The van der Waals surface area contributed by atoms with E-state index in [4.69, 9.17) is 5.73 Å². The number of carbonyl (C=O) groups is 1.